The van der Waals surface area contributed by atoms with Gasteiger partial charge >= 0.3 is 0 Å². The number of hydrogen-bond acceptors (Lipinski definition) is 7. The lowest BCUT2D eigenvalue weighted by Crippen LogP contribution is -2.48. The Bertz CT molecular complexity index is 1350. The first-order chi connectivity index (χ1) is 15.9. The fourth-order valence-corrected chi connectivity index (χ4v) is 5.58. The molecule has 0 spiro atoms. The second-order valence-corrected chi connectivity index (χ2v) is 10.3. The summed E-state index contributed by atoms with van der Waals surface area (Å²) in [5.41, 5.74) is 2.22. The standard InChI is InChI=1S/C23H26N4O5S/c1-17-5-6-27-22(13-17)24-18(14-23(27)28)16-25-7-9-26(10-8-25)33(29,30)19-3-4-20-21(15-19)32-12-2-11-31-20/h3-6,13-15H,2,7-12,16H2,1H3. The van der Waals surface area contributed by atoms with Gasteiger partial charge in [-0.1, -0.05) is 0 Å². The van der Waals surface area contributed by atoms with Gasteiger partial charge < -0.3 is 9.47 Å². The second kappa shape index (κ2) is 8.77. The zero-order chi connectivity index (χ0) is 23.0. The summed E-state index contributed by atoms with van der Waals surface area (Å²) >= 11 is 0. The van der Waals surface area contributed by atoms with Gasteiger partial charge in [-0.25, -0.2) is 13.4 Å². The number of hydrogen-bond donors (Lipinski definition) is 0. The number of ether oxygens (including phenoxy) is 2. The number of rotatable bonds is 4. The van der Waals surface area contributed by atoms with Crippen molar-refractivity contribution in [3.8, 4) is 11.5 Å². The summed E-state index contributed by atoms with van der Waals surface area (Å²) in [4.78, 5) is 19.4. The molecule has 0 bridgehead atoms. The van der Waals surface area contributed by atoms with Crippen LogP contribution in [0.25, 0.3) is 5.65 Å². The molecule has 2 aromatic heterocycles. The molecule has 3 aromatic rings. The fraction of sp³-hybridized carbons (Fsp3) is 0.391. The van der Waals surface area contributed by atoms with E-state index in [4.69, 9.17) is 9.47 Å². The van der Waals surface area contributed by atoms with Gasteiger partial charge in [0.2, 0.25) is 10.0 Å². The highest BCUT2D eigenvalue weighted by Gasteiger charge is 2.29. The highest BCUT2D eigenvalue weighted by Crippen LogP contribution is 2.33. The Morgan fingerprint density at radius 1 is 0.970 bits per heavy atom. The molecule has 4 heterocycles. The van der Waals surface area contributed by atoms with E-state index in [0.29, 0.717) is 68.8 Å². The predicted octanol–water partition coefficient (Wildman–Crippen LogP) is 1.67. The van der Waals surface area contributed by atoms with Crippen molar-refractivity contribution in [1.82, 2.24) is 18.6 Å². The SMILES string of the molecule is Cc1ccn2c(=O)cc(CN3CCN(S(=O)(=O)c4ccc5c(c4)OCCCO5)CC3)nc2c1. The lowest BCUT2D eigenvalue weighted by molar-refractivity contribution is 0.180. The van der Waals surface area contributed by atoms with Crippen molar-refractivity contribution < 1.29 is 17.9 Å². The Morgan fingerprint density at radius 3 is 2.52 bits per heavy atom. The third-order valence-corrected chi connectivity index (χ3v) is 7.84. The van der Waals surface area contributed by atoms with Crippen LogP contribution >= 0.6 is 0 Å². The van der Waals surface area contributed by atoms with Gasteiger partial charge in [0.1, 0.15) is 5.65 Å². The van der Waals surface area contributed by atoms with Crippen LogP contribution < -0.4 is 15.0 Å². The van der Waals surface area contributed by atoms with E-state index in [2.05, 4.69) is 9.88 Å². The topological polar surface area (TPSA) is 93.5 Å². The van der Waals surface area contributed by atoms with Gasteiger partial charge in [-0.05, 0) is 36.8 Å². The highest BCUT2D eigenvalue weighted by molar-refractivity contribution is 7.89. The lowest BCUT2D eigenvalue weighted by Gasteiger charge is -2.33. The minimum absolute atomic E-state index is 0.120. The minimum Gasteiger partial charge on any atom is -0.490 e. The molecular weight excluding hydrogens is 444 g/mol. The van der Waals surface area contributed by atoms with Crippen LogP contribution in [0.1, 0.15) is 17.7 Å². The van der Waals surface area contributed by atoms with E-state index in [1.165, 1.54) is 8.71 Å². The number of sulfonamides is 1. The number of benzene rings is 1. The van der Waals surface area contributed by atoms with Crippen molar-refractivity contribution >= 4 is 15.7 Å². The van der Waals surface area contributed by atoms with Crippen LogP contribution in [0.4, 0.5) is 0 Å². The molecule has 1 saturated heterocycles. The fourth-order valence-electron chi connectivity index (χ4n) is 4.14. The monoisotopic (exact) mass is 470 g/mol. The zero-order valence-corrected chi connectivity index (χ0v) is 19.3. The molecule has 0 N–H and O–H groups in total. The van der Waals surface area contributed by atoms with Gasteiger partial charge in [-0.15, -0.1) is 0 Å². The Morgan fingerprint density at radius 2 is 1.73 bits per heavy atom. The Balaban J connectivity index is 1.28. The molecule has 5 rings (SSSR count). The van der Waals surface area contributed by atoms with E-state index in [0.717, 1.165) is 12.0 Å². The Kier molecular flexibility index (Phi) is 5.81. The largest absolute Gasteiger partial charge is 0.490 e. The van der Waals surface area contributed by atoms with Crippen LogP contribution in [-0.2, 0) is 16.6 Å². The van der Waals surface area contributed by atoms with E-state index in [1.54, 1.807) is 30.5 Å². The molecule has 0 aliphatic carbocycles. The van der Waals surface area contributed by atoms with Crippen LogP contribution in [0.5, 0.6) is 11.5 Å². The minimum atomic E-state index is -3.64. The Hall–Kier alpha value is -2.95. The third kappa shape index (κ3) is 4.46. The van der Waals surface area contributed by atoms with Crippen molar-refractivity contribution in [2.45, 2.75) is 24.8 Å². The number of pyridine rings is 1. The first kappa shape index (κ1) is 21.9. The summed E-state index contributed by atoms with van der Waals surface area (Å²) in [6.45, 7) is 5.35. The molecular formula is C23H26N4O5S. The summed E-state index contributed by atoms with van der Waals surface area (Å²) < 4.78 is 40.7. The van der Waals surface area contributed by atoms with E-state index >= 15 is 0 Å². The average molecular weight is 471 g/mol. The lowest BCUT2D eigenvalue weighted by atomic mass is 10.2. The number of aromatic nitrogens is 2. The van der Waals surface area contributed by atoms with Crippen LogP contribution in [0.3, 0.4) is 0 Å². The maximum atomic E-state index is 13.2. The molecule has 0 unspecified atom stereocenters. The quantitative estimate of drug-likeness (QED) is 0.573. The van der Waals surface area contributed by atoms with E-state index < -0.39 is 10.0 Å². The van der Waals surface area contributed by atoms with Gasteiger partial charge in [0.25, 0.3) is 5.56 Å². The van der Waals surface area contributed by atoms with Gasteiger partial charge in [-0.2, -0.15) is 4.31 Å². The first-order valence-corrected chi connectivity index (χ1v) is 12.5. The molecule has 1 fully saturated rings. The number of nitrogens with zero attached hydrogens (tertiary/aromatic N) is 4. The maximum Gasteiger partial charge on any atom is 0.258 e. The van der Waals surface area contributed by atoms with Crippen LogP contribution in [0, 0.1) is 6.92 Å². The summed E-state index contributed by atoms with van der Waals surface area (Å²) in [5.74, 6) is 1.04. The average Bonchev–Trinajstić information content (AvgIpc) is 3.04. The van der Waals surface area contributed by atoms with Crippen LogP contribution in [0.15, 0.2) is 52.3 Å². The van der Waals surface area contributed by atoms with Crippen LogP contribution in [-0.4, -0.2) is 66.4 Å². The van der Waals surface area contributed by atoms with Crippen molar-refractivity contribution in [2.24, 2.45) is 0 Å². The number of fused-ring (bicyclic) bond motifs is 2. The summed E-state index contributed by atoms with van der Waals surface area (Å²) in [6, 6.07) is 10.1. The molecule has 10 heteroatoms. The van der Waals surface area contributed by atoms with Crippen molar-refractivity contribution in [1.29, 1.82) is 0 Å². The first-order valence-electron chi connectivity index (χ1n) is 11.0. The third-order valence-electron chi connectivity index (χ3n) is 5.95. The number of piperazine rings is 1. The van der Waals surface area contributed by atoms with Crippen molar-refractivity contribution in [3.05, 3.63) is 64.2 Å². The summed E-state index contributed by atoms with van der Waals surface area (Å²) in [6.07, 6.45) is 2.49. The summed E-state index contributed by atoms with van der Waals surface area (Å²) in [7, 11) is -3.64. The molecule has 174 valence electrons. The van der Waals surface area contributed by atoms with Crippen molar-refractivity contribution in [3.63, 3.8) is 0 Å². The van der Waals surface area contributed by atoms with Gasteiger partial charge in [0.05, 0.1) is 23.8 Å². The molecule has 2 aliphatic rings. The smallest absolute Gasteiger partial charge is 0.258 e. The van der Waals surface area contributed by atoms with Crippen LogP contribution in [0.2, 0.25) is 0 Å². The van der Waals surface area contributed by atoms with Crippen molar-refractivity contribution in [2.75, 3.05) is 39.4 Å². The molecule has 2 aliphatic heterocycles. The molecule has 9 nitrogen and oxygen atoms in total. The molecule has 33 heavy (non-hydrogen) atoms. The summed E-state index contributed by atoms with van der Waals surface area (Å²) in [5, 5.41) is 0. The van der Waals surface area contributed by atoms with E-state index in [-0.39, 0.29) is 10.5 Å². The van der Waals surface area contributed by atoms with Gasteiger partial charge in [-0.3, -0.25) is 14.1 Å². The Labute approximate surface area is 192 Å². The van der Waals surface area contributed by atoms with Gasteiger partial charge in [0.15, 0.2) is 11.5 Å². The normalized spacial score (nSPS) is 17.7. The highest BCUT2D eigenvalue weighted by atomic mass is 32.2. The maximum absolute atomic E-state index is 13.2. The van der Waals surface area contributed by atoms with E-state index in [1.807, 2.05) is 19.1 Å². The molecule has 1 aromatic carbocycles. The molecule has 0 radical (unpaired) electrons. The zero-order valence-electron chi connectivity index (χ0n) is 18.4. The molecule has 0 amide bonds. The second-order valence-electron chi connectivity index (χ2n) is 8.36. The predicted molar refractivity (Wildman–Crippen MR) is 122 cm³/mol. The van der Waals surface area contributed by atoms with E-state index in [9.17, 15) is 13.2 Å². The molecule has 0 atom stereocenters. The van der Waals surface area contributed by atoms with Gasteiger partial charge in [0, 0.05) is 57.5 Å². The number of aryl methyl sites for hydroxylation is 1. The molecule has 0 saturated carbocycles.